The predicted octanol–water partition coefficient (Wildman–Crippen LogP) is 3.42. The number of rotatable bonds is 14. The maximum Gasteiger partial charge on any atom is 0.302 e. The summed E-state index contributed by atoms with van der Waals surface area (Å²) in [5.41, 5.74) is 7.09. The van der Waals surface area contributed by atoms with Gasteiger partial charge in [-0.2, -0.15) is 0 Å². The monoisotopic (exact) mass is 433 g/mol. The molecule has 0 radical (unpaired) electrons. The summed E-state index contributed by atoms with van der Waals surface area (Å²) in [6.07, 6.45) is 2.43. The van der Waals surface area contributed by atoms with Crippen molar-refractivity contribution >= 4 is 23.3 Å². The second kappa shape index (κ2) is 13.9. The summed E-state index contributed by atoms with van der Waals surface area (Å²) >= 11 is 0. The Morgan fingerprint density at radius 2 is 1.68 bits per heavy atom. The van der Waals surface area contributed by atoms with E-state index < -0.39 is 5.92 Å². The van der Waals surface area contributed by atoms with Crippen molar-refractivity contribution in [3.05, 3.63) is 29.8 Å². The molecule has 2 atom stereocenters. The minimum atomic E-state index is -0.407. The summed E-state index contributed by atoms with van der Waals surface area (Å²) in [5, 5.41) is 6.25. The van der Waals surface area contributed by atoms with Gasteiger partial charge in [-0.3, -0.25) is 14.4 Å². The first-order chi connectivity index (χ1) is 14.6. The molecule has 0 unspecified atom stereocenters. The lowest BCUT2D eigenvalue weighted by Crippen LogP contribution is -2.45. The molecular weight excluding hydrogens is 394 g/mol. The van der Waals surface area contributed by atoms with Gasteiger partial charge in [-0.25, -0.2) is 0 Å². The fourth-order valence-corrected chi connectivity index (χ4v) is 3.36. The summed E-state index contributed by atoms with van der Waals surface area (Å²) in [6, 6.07) is 7.05. The minimum absolute atomic E-state index is 0.0633. The van der Waals surface area contributed by atoms with Gasteiger partial charge < -0.3 is 21.1 Å². The van der Waals surface area contributed by atoms with Gasteiger partial charge in [-0.05, 0) is 43.0 Å². The van der Waals surface area contributed by atoms with E-state index in [2.05, 4.69) is 10.6 Å². The lowest BCUT2D eigenvalue weighted by atomic mass is 9.89. The number of nitrogens with one attached hydrogen (secondary N) is 2. The molecule has 1 aromatic carbocycles. The van der Waals surface area contributed by atoms with Crippen LogP contribution in [0, 0.1) is 11.8 Å². The molecule has 0 bridgehead atoms. The Kier molecular flexibility index (Phi) is 12.0. The Bertz CT molecular complexity index is 701. The maximum absolute atomic E-state index is 13.0. The summed E-state index contributed by atoms with van der Waals surface area (Å²) in [6.45, 7) is 10.2. The van der Waals surface area contributed by atoms with Crippen molar-refractivity contribution in [1.29, 1.82) is 0 Å². The van der Waals surface area contributed by atoms with Crippen molar-refractivity contribution < 1.29 is 19.1 Å². The van der Waals surface area contributed by atoms with Gasteiger partial charge in [-0.1, -0.05) is 46.2 Å². The summed E-state index contributed by atoms with van der Waals surface area (Å²) < 4.78 is 4.97. The van der Waals surface area contributed by atoms with Crippen molar-refractivity contribution in [2.45, 2.75) is 79.0 Å². The largest absolute Gasteiger partial charge is 0.461 e. The molecule has 174 valence electrons. The van der Waals surface area contributed by atoms with Crippen molar-refractivity contribution in [2.75, 3.05) is 11.9 Å². The van der Waals surface area contributed by atoms with Gasteiger partial charge in [0, 0.05) is 31.0 Å². The number of amides is 1. The average Bonchev–Trinajstić information content (AvgIpc) is 2.70. The average molecular weight is 434 g/mol. The number of hydrogen-bond donors (Lipinski definition) is 3. The van der Waals surface area contributed by atoms with Gasteiger partial charge >= 0.3 is 5.97 Å². The van der Waals surface area contributed by atoms with E-state index in [4.69, 9.17) is 10.5 Å². The number of carbonyl (C=O) groups excluding carboxylic acids is 3. The van der Waals surface area contributed by atoms with Gasteiger partial charge in [0.25, 0.3) is 0 Å². The molecule has 0 aliphatic heterocycles. The van der Waals surface area contributed by atoms with Gasteiger partial charge in [0.15, 0.2) is 5.78 Å². The van der Waals surface area contributed by atoms with Gasteiger partial charge in [0.05, 0.1) is 6.04 Å². The summed E-state index contributed by atoms with van der Waals surface area (Å²) in [7, 11) is 0. The third kappa shape index (κ3) is 10.6. The van der Waals surface area contributed by atoms with Gasteiger partial charge in [0.2, 0.25) is 5.91 Å². The van der Waals surface area contributed by atoms with Crippen molar-refractivity contribution in [1.82, 2.24) is 5.32 Å². The second-order valence-corrected chi connectivity index (χ2v) is 8.66. The molecule has 7 heteroatoms. The molecule has 1 rings (SSSR count). The molecule has 0 saturated heterocycles. The highest BCUT2D eigenvalue weighted by Crippen LogP contribution is 2.20. The second-order valence-electron chi connectivity index (χ2n) is 8.66. The SMILES string of the molecule is CC(=O)OCc1ccc(NC(=O)[C@H](CCCCN)CC(=O)[C@@H](NC(C)C)C(C)C)cc1. The first-order valence-electron chi connectivity index (χ1n) is 11.2. The highest BCUT2D eigenvalue weighted by Gasteiger charge is 2.28. The number of ether oxygens (including phenoxy) is 1. The molecule has 0 heterocycles. The first-order valence-corrected chi connectivity index (χ1v) is 11.2. The van der Waals surface area contributed by atoms with E-state index in [1.54, 1.807) is 24.3 Å². The molecule has 4 N–H and O–H groups in total. The van der Waals surface area contributed by atoms with Crippen molar-refractivity contribution in [2.24, 2.45) is 17.6 Å². The van der Waals surface area contributed by atoms with Crippen LogP contribution in [0.3, 0.4) is 0 Å². The number of unbranched alkanes of at least 4 members (excludes halogenated alkanes) is 1. The first kappa shape index (κ1) is 26.8. The van der Waals surface area contributed by atoms with Crippen LogP contribution in [-0.2, 0) is 25.7 Å². The van der Waals surface area contributed by atoms with E-state index >= 15 is 0 Å². The molecule has 0 fully saturated rings. The van der Waals surface area contributed by atoms with E-state index in [-0.39, 0.29) is 48.7 Å². The highest BCUT2D eigenvalue weighted by molar-refractivity contribution is 5.96. The molecule has 0 aliphatic rings. The predicted molar refractivity (Wildman–Crippen MR) is 123 cm³/mol. The lowest BCUT2D eigenvalue weighted by molar-refractivity contribution is -0.142. The van der Waals surface area contributed by atoms with Gasteiger partial charge in [-0.15, -0.1) is 0 Å². The number of ketones is 1. The molecular formula is C24H39N3O4. The van der Waals surface area contributed by atoms with Crippen LogP contribution < -0.4 is 16.4 Å². The minimum Gasteiger partial charge on any atom is -0.461 e. The molecule has 1 aromatic rings. The molecule has 0 saturated carbocycles. The van der Waals surface area contributed by atoms with Crippen LogP contribution in [0.15, 0.2) is 24.3 Å². The number of nitrogens with two attached hydrogens (primary N) is 1. The topological polar surface area (TPSA) is 111 Å². The van der Waals surface area contributed by atoms with E-state index in [0.29, 0.717) is 18.7 Å². The molecule has 1 amide bonds. The standard InChI is InChI=1S/C24H39N3O4/c1-16(2)23(26-17(3)4)22(29)14-20(8-6-7-13-25)24(30)27-21-11-9-19(10-12-21)15-31-18(5)28/h9-12,16-17,20,23,26H,6-8,13-15,25H2,1-5H3,(H,27,30)/t20-,23+/m1/s1. The van der Waals surface area contributed by atoms with E-state index in [0.717, 1.165) is 18.4 Å². The van der Waals surface area contributed by atoms with Crippen LogP contribution in [0.5, 0.6) is 0 Å². The van der Waals surface area contributed by atoms with E-state index in [1.807, 2.05) is 27.7 Å². The van der Waals surface area contributed by atoms with Crippen LogP contribution in [0.1, 0.15) is 65.9 Å². The van der Waals surface area contributed by atoms with Crippen LogP contribution in [0.2, 0.25) is 0 Å². The number of esters is 1. The Morgan fingerprint density at radius 1 is 1.03 bits per heavy atom. The highest BCUT2D eigenvalue weighted by atomic mass is 16.5. The lowest BCUT2D eigenvalue weighted by Gasteiger charge is -2.25. The van der Waals surface area contributed by atoms with Crippen LogP contribution in [-0.4, -0.2) is 36.3 Å². The number of Topliss-reactive ketones (excluding diaryl/α,β-unsaturated/α-hetero) is 1. The van der Waals surface area contributed by atoms with Gasteiger partial charge in [0.1, 0.15) is 6.61 Å². The fourth-order valence-electron chi connectivity index (χ4n) is 3.36. The number of anilines is 1. The Labute approximate surface area is 186 Å². The van der Waals surface area contributed by atoms with E-state index in [1.165, 1.54) is 6.92 Å². The third-order valence-electron chi connectivity index (χ3n) is 5.02. The number of hydrogen-bond acceptors (Lipinski definition) is 6. The summed E-state index contributed by atoms with van der Waals surface area (Å²) in [4.78, 5) is 36.9. The Morgan fingerprint density at radius 3 is 2.19 bits per heavy atom. The summed E-state index contributed by atoms with van der Waals surface area (Å²) in [5.74, 6) is -0.699. The number of carbonyl (C=O) groups is 3. The van der Waals surface area contributed by atoms with Crippen LogP contribution in [0.4, 0.5) is 5.69 Å². The molecule has 7 nitrogen and oxygen atoms in total. The van der Waals surface area contributed by atoms with Crippen LogP contribution in [0.25, 0.3) is 0 Å². The van der Waals surface area contributed by atoms with Crippen molar-refractivity contribution in [3.8, 4) is 0 Å². The van der Waals surface area contributed by atoms with E-state index in [9.17, 15) is 14.4 Å². The smallest absolute Gasteiger partial charge is 0.302 e. The molecule has 0 spiro atoms. The zero-order valence-corrected chi connectivity index (χ0v) is 19.6. The molecule has 0 aliphatic carbocycles. The molecule has 0 aromatic heterocycles. The zero-order valence-electron chi connectivity index (χ0n) is 19.6. The number of benzene rings is 1. The normalized spacial score (nSPS) is 13.2. The Hall–Kier alpha value is -2.25. The molecule has 31 heavy (non-hydrogen) atoms. The van der Waals surface area contributed by atoms with Crippen molar-refractivity contribution in [3.63, 3.8) is 0 Å². The van der Waals surface area contributed by atoms with Crippen LogP contribution >= 0.6 is 0 Å². The maximum atomic E-state index is 13.0. The quantitative estimate of drug-likeness (QED) is 0.306. The fraction of sp³-hybridized carbons (Fsp3) is 0.625. The Balaban J connectivity index is 2.82. The third-order valence-corrected chi connectivity index (χ3v) is 5.02. The zero-order chi connectivity index (χ0) is 23.4.